The molecule has 1 fully saturated rings. The summed E-state index contributed by atoms with van der Waals surface area (Å²) in [5, 5.41) is 2.99. The summed E-state index contributed by atoms with van der Waals surface area (Å²) in [5.41, 5.74) is 1.86. The van der Waals surface area contributed by atoms with Crippen LogP contribution in [0, 0.1) is 5.41 Å². The van der Waals surface area contributed by atoms with Gasteiger partial charge in [-0.05, 0) is 37.0 Å². The van der Waals surface area contributed by atoms with Gasteiger partial charge in [0.25, 0.3) is 11.8 Å². The van der Waals surface area contributed by atoms with Crippen LogP contribution in [0.2, 0.25) is 0 Å². The number of anilines is 1. The van der Waals surface area contributed by atoms with Gasteiger partial charge in [0.15, 0.2) is 11.9 Å². The van der Waals surface area contributed by atoms with Crippen molar-refractivity contribution >= 4 is 29.3 Å². The molecule has 2 amide bonds. The lowest BCUT2D eigenvalue weighted by molar-refractivity contribution is -0.302. The van der Waals surface area contributed by atoms with Gasteiger partial charge in [0, 0.05) is 24.2 Å². The molecule has 0 radical (unpaired) electrons. The van der Waals surface area contributed by atoms with Gasteiger partial charge in [0.2, 0.25) is 0 Å². The summed E-state index contributed by atoms with van der Waals surface area (Å²) in [5.74, 6) is -1.00. The van der Waals surface area contributed by atoms with Crippen LogP contribution in [-0.2, 0) is 30.3 Å². The van der Waals surface area contributed by atoms with E-state index in [1.807, 2.05) is 74.5 Å². The Bertz CT molecular complexity index is 1180. The van der Waals surface area contributed by atoms with Crippen molar-refractivity contribution in [3.63, 3.8) is 0 Å². The zero-order chi connectivity index (χ0) is 28.2. The fourth-order valence-corrected chi connectivity index (χ4v) is 5.92. The first-order valence-corrected chi connectivity index (χ1v) is 14.4. The summed E-state index contributed by atoms with van der Waals surface area (Å²) >= 11 is 1.56. The molecule has 2 aromatic carbocycles. The lowest BCUT2D eigenvalue weighted by Crippen LogP contribution is -2.57. The maximum absolute atomic E-state index is 13.9. The van der Waals surface area contributed by atoms with Crippen molar-refractivity contribution < 1.29 is 23.8 Å². The smallest absolute Gasteiger partial charge is 0.252 e. The van der Waals surface area contributed by atoms with Crippen molar-refractivity contribution in [1.29, 1.82) is 0 Å². The second kappa shape index (κ2) is 12.3. The number of thioether (sulfide) groups is 1. The molecule has 210 valence electrons. The van der Waals surface area contributed by atoms with Crippen molar-refractivity contribution in [2.24, 2.45) is 5.41 Å². The number of carbonyl (C=O) groups excluding carboxylic acids is 2. The minimum Gasteiger partial charge on any atom is -0.369 e. The third-order valence-electron chi connectivity index (χ3n) is 6.62. The van der Waals surface area contributed by atoms with Crippen LogP contribution in [0.25, 0.3) is 0 Å². The Hall–Kier alpha value is -2.65. The van der Waals surface area contributed by atoms with E-state index in [9.17, 15) is 9.59 Å². The van der Waals surface area contributed by atoms with E-state index in [-0.39, 0.29) is 23.3 Å². The minimum atomic E-state index is -0.898. The second-order valence-corrected chi connectivity index (χ2v) is 12.6. The van der Waals surface area contributed by atoms with Crippen molar-refractivity contribution in [3.05, 3.63) is 72.3 Å². The largest absolute Gasteiger partial charge is 0.369 e. The molecule has 0 unspecified atom stereocenters. The first-order valence-electron chi connectivity index (χ1n) is 13.4. The number of amides is 2. The molecule has 4 rings (SSSR count). The number of hydrogen-bond donors (Lipinski definition) is 1. The number of hydrogen-bond acceptors (Lipinski definition) is 6. The number of carbonyl (C=O) groups is 2. The fraction of sp³-hybridized carbons (Fsp3) is 0.484. The Morgan fingerprint density at radius 1 is 1.15 bits per heavy atom. The van der Waals surface area contributed by atoms with Gasteiger partial charge in [0.1, 0.15) is 6.04 Å². The van der Waals surface area contributed by atoms with Gasteiger partial charge in [-0.25, -0.2) is 0 Å². The van der Waals surface area contributed by atoms with E-state index in [4.69, 9.17) is 14.2 Å². The van der Waals surface area contributed by atoms with Gasteiger partial charge in [-0.3, -0.25) is 9.59 Å². The zero-order valence-electron chi connectivity index (χ0n) is 23.7. The van der Waals surface area contributed by atoms with Crippen LogP contribution in [0.4, 0.5) is 5.69 Å². The summed E-state index contributed by atoms with van der Waals surface area (Å²) in [6.07, 6.45) is 2.93. The molecule has 2 heterocycles. The average Bonchev–Trinajstić information content (AvgIpc) is 3.00. The van der Waals surface area contributed by atoms with E-state index in [1.54, 1.807) is 16.7 Å². The van der Waals surface area contributed by atoms with E-state index >= 15 is 0 Å². The molecule has 1 saturated heterocycles. The highest BCUT2D eigenvalue weighted by Gasteiger charge is 2.42. The number of ether oxygens (including phenoxy) is 3. The summed E-state index contributed by atoms with van der Waals surface area (Å²) < 4.78 is 17.9. The summed E-state index contributed by atoms with van der Waals surface area (Å²) in [7, 11) is 1.50. The molecule has 8 heteroatoms. The Balaban J connectivity index is 1.52. The SMILES string of the molecule is CO[C@@H](C(=O)N[C@H]1CSc2ccccc2N(Cc2ccccc2)C1=O)[C@H]1C[C@@H](/C=C/C(C)(C)C)OC(C)(C)O1. The number of nitrogens with one attached hydrogen (secondary N) is 1. The van der Waals surface area contributed by atoms with Gasteiger partial charge in [-0.1, -0.05) is 75.4 Å². The lowest BCUT2D eigenvalue weighted by Gasteiger charge is -2.42. The monoisotopic (exact) mass is 552 g/mol. The molecule has 4 atom stereocenters. The molecule has 2 aromatic rings. The third kappa shape index (κ3) is 7.72. The molecular formula is C31H40N2O5S. The molecule has 0 aromatic heterocycles. The Morgan fingerprint density at radius 3 is 2.54 bits per heavy atom. The van der Waals surface area contributed by atoms with E-state index in [1.165, 1.54) is 7.11 Å². The average molecular weight is 553 g/mol. The maximum Gasteiger partial charge on any atom is 0.252 e. The zero-order valence-corrected chi connectivity index (χ0v) is 24.5. The highest BCUT2D eigenvalue weighted by molar-refractivity contribution is 7.99. The highest BCUT2D eigenvalue weighted by atomic mass is 32.2. The first-order chi connectivity index (χ1) is 18.5. The Labute approximate surface area is 236 Å². The second-order valence-electron chi connectivity index (χ2n) is 11.6. The standard InChI is InChI=1S/C31H40N2O5S/c1-30(2,3)17-16-22-18-25(38-31(4,5)37-22)27(36-6)28(34)32-23-20-39-26-15-11-10-14-24(26)33(29(23)35)19-21-12-8-7-9-13-21/h7-17,22-23,25,27H,18-20H2,1-6H3,(H,32,34)/b17-16+/t22-,23+,25-,27-/m1/s1. The number of allylic oxidation sites excluding steroid dienone is 1. The van der Waals surface area contributed by atoms with Gasteiger partial charge < -0.3 is 24.4 Å². The number of methoxy groups -OCH3 is 1. The Morgan fingerprint density at radius 2 is 1.85 bits per heavy atom. The summed E-state index contributed by atoms with van der Waals surface area (Å²) in [4.78, 5) is 30.3. The number of para-hydroxylation sites is 1. The predicted octanol–water partition coefficient (Wildman–Crippen LogP) is 5.34. The maximum atomic E-state index is 13.9. The molecule has 2 aliphatic rings. The number of rotatable bonds is 7. The fourth-order valence-electron chi connectivity index (χ4n) is 4.85. The van der Waals surface area contributed by atoms with Crippen molar-refractivity contribution in [2.75, 3.05) is 17.8 Å². The summed E-state index contributed by atoms with van der Waals surface area (Å²) in [6, 6.07) is 17.0. The molecule has 2 aliphatic heterocycles. The van der Waals surface area contributed by atoms with Crippen LogP contribution in [0.3, 0.4) is 0 Å². The van der Waals surface area contributed by atoms with Crippen LogP contribution in [0.1, 0.15) is 46.6 Å². The third-order valence-corrected chi connectivity index (χ3v) is 7.78. The number of nitrogens with zero attached hydrogens (tertiary/aromatic N) is 1. The first kappa shape index (κ1) is 29.3. The van der Waals surface area contributed by atoms with Gasteiger partial charge in [0.05, 0.1) is 24.4 Å². The molecule has 0 spiro atoms. The van der Waals surface area contributed by atoms with Gasteiger partial charge in [-0.2, -0.15) is 0 Å². The minimum absolute atomic E-state index is 0.0000567. The van der Waals surface area contributed by atoms with Gasteiger partial charge >= 0.3 is 0 Å². The van der Waals surface area contributed by atoms with E-state index in [2.05, 4.69) is 32.2 Å². The number of fused-ring (bicyclic) bond motifs is 1. The van der Waals surface area contributed by atoms with Crippen LogP contribution in [0.5, 0.6) is 0 Å². The van der Waals surface area contributed by atoms with E-state index < -0.39 is 24.0 Å². The Kier molecular flexibility index (Phi) is 9.21. The van der Waals surface area contributed by atoms with Crippen LogP contribution >= 0.6 is 11.8 Å². The van der Waals surface area contributed by atoms with Crippen molar-refractivity contribution in [3.8, 4) is 0 Å². The van der Waals surface area contributed by atoms with Crippen molar-refractivity contribution in [1.82, 2.24) is 5.32 Å². The highest BCUT2D eigenvalue weighted by Crippen LogP contribution is 2.36. The number of benzene rings is 2. The predicted molar refractivity (Wildman–Crippen MR) is 155 cm³/mol. The lowest BCUT2D eigenvalue weighted by atomic mass is 9.94. The molecule has 0 bridgehead atoms. The van der Waals surface area contributed by atoms with E-state index in [0.717, 1.165) is 16.1 Å². The van der Waals surface area contributed by atoms with Crippen molar-refractivity contribution in [2.45, 2.75) is 82.6 Å². The van der Waals surface area contributed by atoms with Gasteiger partial charge in [-0.15, -0.1) is 11.8 Å². The molecule has 0 saturated carbocycles. The van der Waals surface area contributed by atoms with Crippen LogP contribution < -0.4 is 10.2 Å². The molecule has 39 heavy (non-hydrogen) atoms. The van der Waals surface area contributed by atoms with Crippen LogP contribution in [-0.4, -0.2) is 54.8 Å². The summed E-state index contributed by atoms with van der Waals surface area (Å²) in [6.45, 7) is 10.5. The van der Waals surface area contributed by atoms with Crippen LogP contribution in [0.15, 0.2) is 71.6 Å². The normalized spacial score (nSPS) is 24.2. The topological polar surface area (TPSA) is 77.1 Å². The molecular weight excluding hydrogens is 512 g/mol. The molecule has 7 nitrogen and oxygen atoms in total. The molecule has 1 N–H and O–H groups in total. The quantitative estimate of drug-likeness (QED) is 0.468. The molecule has 0 aliphatic carbocycles. The van der Waals surface area contributed by atoms with E-state index in [0.29, 0.717) is 18.7 Å².